The Morgan fingerprint density at radius 3 is 2.33 bits per heavy atom. The highest BCUT2D eigenvalue weighted by Gasteiger charge is 2.20. The van der Waals surface area contributed by atoms with Crippen molar-refractivity contribution < 1.29 is 28.9 Å². The van der Waals surface area contributed by atoms with Crippen LogP contribution in [-0.4, -0.2) is 53.2 Å². The molecule has 1 heterocycles. The summed E-state index contributed by atoms with van der Waals surface area (Å²) >= 11 is 1.72. The Bertz CT molecular complexity index is 1430. The van der Waals surface area contributed by atoms with Crippen LogP contribution in [-0.2, 0) is 17.9 Å². The van der Waals surface area contributed by atoms with Gasteiger partial charge in [0.2, 0.25) is 0 Å². The number of aromatic nitrogens is 1. The summed E-state index contributed by atoms with van der Waals surface area (Å²) in [6.07, 6.45) is 1.30. The molecule has 0 unspecified atom stereocenters. The lowest BCUT2D eigenvalue weighted by molar-refractivity contribution is -0.138. The van der Waals surface area contributed by atoms with Gasteiger partial charge in [-0.1, -0.05) is 24.3 Å². The second-order valence-electron chi connectivity index (χ2n) is 9.03. The lowest BCUT2D eigenvalue weighted by Crippen LogP contribution is -2.37. The number of hydrogen-bond donors (Lipinski definition) is 1. The van der Waals surface area contributed by atoms with Crippen LogP contribution in [0, 0.1) is 6.92 Å². The molecule has 40 heavy (non-hydrogen) atoms. The lowest BCUT2D eigenvalue weighted by Gasteiger charge is -2.20. The van der Waals surface area contributed by atoms with Gasteiger partial charge in [0.1, 0.15) is 30.4 Å². The van der Waals surface area contributed by atoms with E-state index in [0.29, 0.717) is 24.7 Å². The summed E-state index contributed by atoms with van der Waals surface area (Å²) in [5.74, 6) is 0.400. The maximum absolute atomic E-state index is 12.8. The van der Waals surface area contributed by atoms with Crippen LogP contribution in [0.2, 0.25) is 0 Å². The van der Waals surface area contributed by atoms with E-state index in [1.165, 1.54) is 12.0 Å². The molecule has 0 fully saturated rings. The van der Waals surface area contributed by atoms with E-state index < -0.39 is 18.6 Å². The third kappa shape index (κ3) is 7.60. The van der Waals surface area contributed by atoms with Crippen LogP contribution in [0.1, 0.15) is 11.3 Å². The summed E-state index contributed by atoms with van der Waals surface area (Å²) in [7, 11) is 1.54. The van der Waals surface area contributed by atoms with Crippen LogP contribution in [0.4, 0.5) is 4.79 Å². The lowest BCUT2D eigenvalue weighted by atomic mass is 10.1. The molecule has 1 aromatic heterocycles. The minimum atomic E-state index is -1.14. The van der Waals surface area contributed by atoms with Crippen molar-refractivity contribution in [3.63, 3.8) is 0 Å². The first kappa shape index (κ1) is 28.6. The van der Waals surface area contributed by atoms with Crippen molar-refractivity contribution in [1.82, 2.24) is 9.47 Å². The van der Waals surface area contributed by atoms with Crippen LogP contribution >= 0.6 is 11.8 Å². The molecule has 208 valence electrons. The van der Waals surface area contributed by atoms with Gasteiger partial charge in [0, 0.05) is 22.8 Å². The van der Waals surface area contributed by atoms with Gasteiger partial charge in [0.15, 0.2) is 0 Å². The molecule has 3 aromatic carbocycles. The van der Waals surface area contributed by atoms with Crippen LogP contribution in [0.25, 0.3) is 11.3 Å². The number of carboxylic acids is 1. The molecule has 0 spiro atoms. The van der Waals surface area contributed by atoms with Crippen molar-refractivity contribution in [2.45, 2.75) is 24.9 Å². The van der Waals surface area contributed by atoms with E-state index in [4.69, 9.17) is 14.2 Å². The molecule has 0 aliphatic heterocycles. The SMILES string of the molecule is COc1ccc(OC(=O)N(CC(=O)O)Cc2cccc(OCCn3c(C)ccc3-c3ccc(SC)cc3)c2)cc1. The molecule has 1 amide bonds. The van der Waals surface area contributed by atoms with Crippen LogP contribution in [0.5, 0.6) is 17.2 Å². The van der Waals surface area contributed by atoms with E-state index in [-0.39, 0.29) is 12.3 Å². The van der Waals surface area contributed by atoms with Gasteiger partial charge in [-0.15, -0.1) is 11.8 Å². The first-order valence-electron chi connectivity index (χ1n) is 12.7. The number of carbonyl (C=O) groups is 2. The molecule has 0 aliphatic carbocycles. The molecule has 0 aliphatic rings. The number of amides is 1. The molecule has 4 aromatic rings. The fourth-order valence-electron chi connectivity index (χ4n) is 4.25. The van der Waals surface area contributed by atoms with E-state index in [9.17, 15) is 14.7 Å². The summed E-state index contributed by atoms with van der Waals surface area (Å²) in [6.45, 7) is 2.71. The normalized spacial score (nSPS) is 10.7. The number of benzene rings is 3. The van der Waals surface area contributed by atoms with Gasteiger partial charge < -0.3 is 23.9 Å². The molecule has 1 N–H and O–H groups in total. The summed E-state index contributed by atoms with van der Waals surface area (Å²) in [5.41, 5.74) is 4.13. The number of ether oxygens (including phenoxy) is 3. The van der Waals surface area contributed by atoms with Gasteiger partial charge in [0.25, 0.3) is 0 Å². The molecular formula is C31H32N2O6S. The molecule has 0 radical (unpaired) electrons. The Morgan fingerprint density at radius 2 is 1.65 bits per heavy atom. The molecule has 0 saturated carbocycles. The van der Waals surface area contributed by atoms with Crippen molar-refractivity contribution in [1.29, 1.82) is 0 Å². The zero-order valence-corrected chi connectivity index (χ0v) is 23.5. The number of aliphatic carboxylic acids is 1. The number of thioether (sulfide) groups is 1. The summed E-state index contributed by atoms with van der Waals surface area (Å²) in [4.78, 5) is 26.6. The topological polar surface area (TPSA) is 90.2 Å². The first-order valence-corrected chi connectivity index (χ1v) is 13.9. The van der Waals surface area contributed by atoms with E-state index in [2.05, 4.69) is 54.1 Å². The standard InChI is InChI=1S/C31H32N2O6S/c1-22-7-16-29(24-8-14-28(40-3)15-9-24)33(22)17-18-38-27-6-4-5-23(19-27)20-32(21-30(34)35)31(36)39-26-12-10-25(37-2)11-13-26/h4-16,19H,17-18,20-21H2,1-3H3,(H,34,35). The van der Waals surface area contributed by atoms with Crippen molar-refractivity contribution in [2.24, 2.45) is 0 Å². The average molecular weight is 561 g/mol. The molecule has 8 nitrogen and oxygen atoms in total. The smallest absolute Gasteiger partial charge is 0.416 e. The minimum absolute atomic E-state index is 0.0470. The van der Waals surface area contributed by atoms with E-state index in [1.807, 2.05) is 18.2 Å². The summed E-state index contributed by atoms with van der Waals surface area (Å²) < 4.78 is 18.8. The van der Waals surface area contributed by atoms with Crippen molar-refractivity contribution >= 4 is 23.8 Å². The molecule has 9 heteroatoms. The Hall–Kier alpha value is -4.37. The van der Waals surface area contributed by atoms with Gasteiger partial charge in [-0.05, 0) is 85.0 Å². The highest BCUT2D eigenvalue weighted by molar-refractivity contribution is 7.98. The van der Waals surface area contributed by atoms with Crippen molar-refractivity contribution in [3.05, 3.63) is 96.2 Å². The monoisotopic (exact) mass is 560 g/mol. The van der Waals surface area contributed by atoms with Crippen LogP contribution in [0.15, 0.2) is 89.8 Å². The fraction of sp³-hybridized carbons (Fsp3) is 0.226. The number of hydrogen-bond acceptors (Lipinski definition) is 6. The predicted octanol–water partition coefficient (Wildman–Crippen LogP) is 6.36. The van der Waals surface area contributed by atoms with Crippen LogP contribution in [0.3, 0.4) is 0 Å². The van der Waals surface area contributed by atoms with Gasteiger partial charge in [-0.3, -0.25) is 9.69 Å². The number of aryl methyl sites for hydroxylation is 1. The largest absolute Gasteiger partial charge is 0.497 e. The van der Waals surface area contributed by atoms with Crippen molar-refractivity contribution in [2.75, 3.05) is 26.5 Å². The molecule has 0 atom stereocenters. The first-order chi connectivity index (χ1) is 19.4. The molecule has 0 saturated heterocycles. The number of carboxylic acid groups (broad SMARTS) is 1. The van der Waals surface area contributed by atoms with Gasteiger partial charge >= 0.3 is 12.1 Å². The number of nitrogens with zero attached hydrogens (tertiary/aromatic N) is 2. The maximum Gasteiger partial charge on any atom is 0.416 e. The fourth-order valence-corrected chi connectivity index (χ4v) is 4.65. The Kier molecular flexibility index (Phi) is 9.75. The number of rotatable bonds is 12. The quantitative estimate of drug-likeness (QED) is 0.202. The predicted molar refractivity (Wildman–Crippen MR) is 155 cm³/mol. The van der Waals surface area contributed by atoms with E-state index >= 15 is 0 Å². The van der Waals surface area contributed by atoms with Gasteiger partial charge in [-0.25, -0.2) is 4.79 Å². The highest BCUT2D eigenvalue weighted by Crippen LogP contribution is 2.26. The zero-order chi connectivity index (χ0) is 28.5. The second kappa shape index (κ2) is 13.6. The Morgan fingerprint density at radius 1 is 0.925 bits per heavy atom. The van der Waals surface area contributed by atoms with Gasteiger partial charge in [-0.2, -0.15) is 0 Å². The average Bonchev–Trinajstić information content (AvgIpc) is 3.33. The molecular weight excluding hydrogens is 528 g/mol. The Labute approximate surface area is 238 Å². The summed E-state index contributed by atoms with van der Waals surface area (Å²) in [5, 5.41) is 9.37. The zero-order valence-electron chi connectivity index (χ0n) is 22.7. The highest BCUT2D eigenvalue weighted by atomic mass is 32.2. The third-order valence-electron chi connectivity index (χ3n) is 6.29. The number of carbonyl (C=O) groups excluding carboxylic acids is 1. The second-order valence-corrected chi connectivity index (χ2v) is 9.91. The van der Waals surface area contributed by atoms with Crippen molar-refractivity contribution in [3.8, 4) is 28.5 Å². The van der Waals surface area contributed by atoms with Gasteiger partial charge in [0.05, 0.1) is 13.7 Å². The number of methoxy groups -OCH3 is 1. The third-order valence-corrected chi connectivity index (χ3v) is 7.03. The minimum Gasteiger partial charge on any atom is -0.497 e. The Balaban J connectivity index is 1.39. The molecule has 0 bridgehead atoms. The summed E-state index contributed by atoms with van der Waals surface area (Å²) in [6, 6.07) is 26.5. The van der Waals surface area contributed by atoms with E-state index in [1.54, 1.807) is 42.1 Å². The molecule has 4 rings (SSSR count). The van der Waals surface area contributed by atoms with E-state index in [0.717, 1.165) is 27.4 Å². The van der Waals surface area contributed by atoms with Crippen LogP contribution < -0.4 is 14.2 Å². The maximum atomic E-state index is 12.8.